The molecule has 162 valence electrons. The zero-order valence-corrected chi connectivity index (χ0v) is 17.7. The Labute approximate surface area is 188 Å². The molecule has 2 heterocycles. The normalized spacial score (nSPS) is 15.3. The number of aromatic hydroxyl groups is 2. The van der Waals surface area contributed by atoms with Gasteiger partial charge in [-0.2, -0.15) is 0 Å². The van der Waals surface area contributed by atoms with Crippen LogP contribution in [0.2, 0.25) is 5.02 Å². The fourth-order valence-electron chi connectivity index (χ4n) is 3.28. The summed E-state index contributed by atoms with van der Waals surface area (Å²) in [7, 11) is 0. The molecule has 32 heavy (non-hydrogen) atoms. The van der Waals surface area contributed by atoms with Crippen LogP contribution in [0.25, 0.3) is 6.08 Å². The topological polar surface area (TPSA) is 106 Å². The van der Waals surface area contributed by atoms with Crippen molar-refractivity contribution in [3.8, 4) is 23.0 Å². The first-order valence-electron chi connectivity index (χ1n) is 9.68. The molecule has 0 fully saturated rings. The number of hydrogen-bond donors (Lipinski definition) is 2. The number of nitrogens with zero attached hydrogens (tertiary/aromatic N) is 1. The van der Waals surface area contributed by atoms with Crippen LogP contribution >= 0.6 is 11.6 Å². The Kier molecular flexibility index (Phi) is 5.83. The lowest BCUT2D eigenvalue weighted by Gasteiger charge is -2.26. The number of benzene rings is 2. The number of rotatable bonds is 4. The minimum absolute atomic E-state index is 0.000967. The standard InChI is InChI=1S/C24H18ClNO6/c1-13-2-3-14(8-18(13)27)21-11-20(29)24-19(28)9-17(10-22(24)32-21)31-23(30)7-6-16-5-4-15(25)12-26-16/h2-10,12,21,27-28H,11H2,1H3/b7-6+/t21-/m0/s1. The van der Waals surface area contributed by atoms with Crippen molar-refractivity contribution in [2.75, 3.05) is 0 Å². The minimum atomic E-state index is -0.705. The average molecular weight is 452 g/mol. The highest BCUT2D eigenvalue weighted by atomic mass is 35.5. The van der Waals surface area contributed by atoms with E-state index in [2.05, 4.69) is 4.98 Å². The second kappa shape index (κ2) is 8.72. The van der Waals surface area contributed by atoms with Crippen LogP contribution in [0, 0.1) is 6.92 Å². The number of fused-ring (bicyclic) bond motifs is 1. The molecule has 0 aliphatic carbocycles. The van der Waals surface area contributed by atoms with Crippen LogP contribution in [0.15, 0.2) is 54.7 Å². The highest BCUT2D eigenvalue weighted by Crippen LogP contribution is 2.42. The molecular weight excluding hydrogens is 434 g/mol. The van der Waals surface area contributed by atoms with E-state index in [1.165, 1.54) is 36.5 Å². The number of pyridine rings is 1. The SMILES string of the molecule is Cc1ccc([C@@H]2CC(=O)c3c(O)cc(OC(=O)/C=C/c4ccc(Cl)cn4)cc3O2)cc1O. The van der Waals surface area contributed by atoms with E-state index < -0.39 is 12.1 Å². The van der Waals surface area contributed by atoms with Crippen molar-refractivity contribution in [3.05, 3.63) is 82.1 Å². The van der Waals surface area contributed by atoms with E-state index in [1.807, 2.05) is 0 Å². The van der Waals surface area contributed by atoms with E-state index in [9.17, 15) is 19.8 Å². The van der Waals surface area contributed by atoms with E-state index >= 15 is 0 Å². The number of phenolic OH excluding ortho intramolecular Hbond substituents is 2. The van der Waals surface area contributed by atoms with Gasteiger partial charge >= 0.3 is 5.97 Å². The van der Waals surface area contributed by atoms with Crippen LogP contribution in [0.4, 0.5) is 0 Å². The summed E-state index contributed by atoms with van der Waals surface area (Å²) in [5.41, 5.74) is 1.86. The summed E-state index contributed by atoms with van der Waals surface area (Å²) < 4.78 is 11.1. The molecule has 0 saturated heterocycles. The highest BCUT2D eigenvalue weighted by molar-refractivity contribution is 6.30. The van der Waals surface area contributed by atoms with Gasteiger partial charge in [0.05, 0.1) is 17.1 Å². The van der Waals surface area contributed by atoms with Crippen LogP contribution in [0.3, 0.4) is 0 Å². The first-order chi connectivity index (χ1) is 15.3. The van der Waals surface area contributed by atoms with Crippen LogP contribution < -0.4 is 9.47 Å². The second-order valence-corrected chi connectivity index (χ2v) is 7.69. The molecule has 8 heteroatoms. The largest absolute Gasteiger partial charge is 0.508 e. The van der Waals surface area contributed by atoms with Gasteiger partial charge in [0, 0.05) is 24.4 Å². The van der Waals surface area contributed by atoms with Gasteiger partial charge in [-0.05, 0) is 42.3 Å². The summed E-state index contributed by atoms with van der Waals surface area (Å²) in [4.78, 5) is 28.8. The predicted octanol–water partition coefficient (Wildman–Crippen LogP) is 4.78. The third kappa shape index (κ3) is 4.58. The van der Waals surface area contributed by atoms with Gasteiger partial charge in [-0.3, -0.25) is 9.78 Å². The molecule has 7 nitrogen and oxygen atoms in total. The Morgan fingerprint density at radius 1 is 1.19 bits per heavy atom. The summed E-state index contributed by atoms with van der Waals surface area (Å²) in [5, 5.41) is 20.8. The first kappa shape index (κ1) is 21.4. The zero-order valence-electron chi connectivity index (χ0n) is 16.9. The van der Waals surface area contributed by atoms with Crippen molar-refractivity contribution in [3.63, 3.8) is 0 Å². The van der Waals surface area contributed by atoms with E-state index in [0.29, 0.717) is 21.8 Å². The molecule has 0 unspecified atom stereocenters. The van der Waals surface area contributed by atoms with E-state index in [-0.39, 0.29) is 40.8 Å². The number of carbonyl (C=O) groups excluding carboxylic acids is 2. The van der Waals surface area contributed by atoms with Gasteiger partial charge in [-0.15, -0.1) is 0 Å². The monoisotopic (exact) mass is 451 g/mol. The number of ether oxygens (including phenoxy) is 2. The lowest BCUT2D eigenvalue weighted by atomic mass is 9.95. The van der Waals surface area contributed by atoms with E-state index in [1.54, 1.807) is 31.2 Å². The molecule has 1 aromatic heterocycles. The second-order valence-electron chi connectivity index (χ2n) is 7.25. The maximum Gasteiger partial charge on any atom is 0.336 e. The predicted molar refractivity (Wildman–Crippen MR) is 117 cm³/mol. The molecule has 4 rings (SSSR count). The van der Waals surface area contributed by atoms with Gasteiger partial charge in [-0.1, -0.05) is 23.7 Å². The molecule has 0 spiro atoms. The number of aryl methyl sites for hydroxylation is 1. The highest BCUT2D eigenvalue weighted by Gasteiger charge is 2.31. The fraction of sp³-hybridized carbons (Fsp3) is 0.125. The van der Waals surface area contributed by atoms with Crippen molar-refractivity contribution >= 4 is 29.4 Å². The molecule has 3 aromatic rings. The lowest BCUT2D eigenvalue weighted by molar-refractivity contribution is -0.128. The maximum atomic E-state index is 12.6. The molecular formula is C24H18ClNO6. The number of phenols is 2. The van der Waals surface area contributed by atoms with Crippen molar-refractivity contribution < 1.29 is 29.3 Å². The Hall–Kier alpha value is -3.84. The minimum Gasteiger partial charge on any atom is -0.508 e. The van der Waals surface area contributed by atoms with E-state index in [4.69, 9.17) is 21.1 Å². The van der Waals surface area contributed by atoms with Gasteiger partial charge in [0.15, 0.2) is 5.78 Å². The van der Waals surface area contributed by atoms with Gasteiger partial charge < -0.3 is 19.7 Å². The van der Waals surface area contributed by atoms with Gasteiger partial charge in [0.25, 0.3) is 0 Å². The smallest absolute Gasteiger partial charge is 0.336 e. The Balaban J connectivity index is 1.54. The quantitative estimate of drug-likeness (QED) is 0.334. The molecule has 1 atom stereocenters. The van der Waals surface area contributed by atoms with Crippen LogP contribution in [0.5, 0.6) is 23.0 Å². The Morgan fingerprint density at radius 3 is 2.72 bits per heavy atom. The van der Waals surface area contributed by atoms with Crippen molar-refractivity contribution in [1.82, 2.24) is 4.98 Å². The third-order valence-electron chi connectivity index (χ3n) is 4.94. The zero-order chi connectivity index (χ0) is 22.8. The van der Waals surface area contributed by atoms with Gasteiger partial charge in [0.2, 0.25) is 0 Å². The molecule has 0 radical (unpaired) electrons. The number of halogens is 1. The summed E-state index contributed by atoms with van der Waals surface area (Å²) in [6.45, 7) is 1.76. The average Bonchev–Trinajstić information content (AvgIpc) is 2.74. The van der Waals surface area contributed by atoms with Crippen LogP contribution in [-0.2, 0) is 4.79 Å². The lowest BCUT2D eigenvalue weighted by Crippen LogP contribution is -2.20. The third-order valence-corrected chi connectivity index (χ3v) is 5.16. The number of Topliss-reactive ketones (excluding diaryl/α,β-unsaturated/α-hetero) is 1. The first-order valence-corrected chi connectivity index (χ1v) is 10.1. The number of carbonyl (C=O) groups is 2. The molecule has 1 aliphatic rings. The maximum absolute atomic E-state index is 12.6. The number of aromatic nitrogens is 1. The Morgan fingerprint density at radius 2 is 2.00 bits per heavy atom. The Bertz CT molecular complexity index is 1240. The van der Waals surface area contributed by atoms with Gasteiger partial charge in [0.1, 0.15) is 34.7 Å². The number of ketones is 1. The molecule has 0 saturated carbocycles. The van der Waals surface area contributed by atoms with Crippen molar-refractivity contribution in [2.45, 2.75) is 19.4 Å². The molecule has 0 bridgehead atoms. The summed E-state index contributed by atoms with van der Waals surface area (Å²) >= 11 is 5.78. The van der Waals surface area contributed by atoms with Gasteiger partial charge in [-0.25, -0.2) is 4.79 Å². The number of hydrogen-bond acceptors (Lipinski definition) is 7. The summed E-state index contributed by atoms with van der Waals surface area (Å²) in [6.07, 6.45) is 3.43. The number of esters is 1. The van der Waals surface area contributed by atoms with Crippen LogP contribution in [-0.4, -0.2) is 26.9 Å². The van der Waals surface area contributed by atoms with Crippen LogP contribution in [0.1, 0.15) is 39.7 Å². The summed E-state index contributed by atoms with van der Waals surface area (Å²) in [5.74, 6) is -1.16. The molecule has 1 aliphatic heterocycles. The molecule has 2 aromatic carbocycles. The van der Waals surface area contributed by atoms with E-state index in [0.717, 1.165) is 0 Å². The van der Waals surface area contributed by atoms with Crippen molar-refractivity contribution in [1.29, 1.82) is 0 Å². The molecule has 0 amide bonds. The molecule has 2 N–H and O–H groups in total. The van der Waals surface area contributed by atoms with Crippen molar-refractivity contribution in [2.24, 2.45) is 0 Å². The summed E-state index contributed by atoms with van der Waals surface area (Å²) in [6, 6.07) is 10.9. The fourth-order valence-corrected chi connectivity index (χ4v) is 3.39.